The van der Waals surface area contributed by atoms with Gasteiger partial charge in [0.25, 0.3) is 11.6 Å². The number of aliphatic hydroxyl groups is 1. The topological polar surface area (TPSA) is 70.7 Å². The van der Waals surface area contributed by atoms with Gasteiger partial charge in [-0.2, -0.15) is 28.4 Å². The van der Waals surface area contributed by atoms with Crippen LogP contribution in [-0.4, -0.2) is 43.4 Å². The smallest absolute Gasteiger partial charge is 0.362 e. The predicted octanol–water partition coefficient (Wildman–Crippen LogP) is 0.742. The normalized spacial score (nSPS) is 23.6. The van der Waals surface area contributed by atoms with Crippen molar-refractivity contribution in [1.29, 1.82) is 0 Å². The van der Waals surface area contributed by atoms with Gasteiger partial charge in [-0.15, -0.1) is 0 Å². The zero-order chi connectivity index (χ0) is 14.3. The van der Waals surface area contributed by atoms with Gasteiger partial charge in [-0.25, -0.2) is 0 Å². The second kappa shape index (κ2) is 4.34. The summed E-state index contributed by atoms with van der Waals surface area (Å²) in [6.07, 6.45) is -2.91. The molecule has 1 aromatic rings. The number of hydrogen-bond donors (Lipinski definition) is 1. The second-order valence-electron chi connectivity index (χ2n) is 4.24. The first-order valence-corrected chi connectivity index (χ1v) is 5.38. The summed E-state index contributed by atoms with van der Waals surface area (Å²) in [4.78, 5) is 11.8. The fraction of sp³-hybridized carbons (Fsp3) is 0.500. The van der Waals surface area contributed by atoms with Crippen molar-refractivity contribution in [1.82, 2.24) is 14.8 Å². The molecule has 1 aliphatic heterocycles. The van der Waals surface area contributed by atoms with E-state index in [9.17, 15) is 23.1 Å². The summed E-state index contributed by atoms with van der Waals surface area (Å²) in [5.74, 6) is -0.986. The van der Waals surface area contributed by atoms with Crippen molar-refractivity contribution < 1.29 is 23.1 Å². The Morgan fingerprint density at radius 3 is 2.79 bits per heavy atom. The summed E-state index contributed by atoms with van der Waals surface area (Å²) in [5.41, 5.74) is -3.24. The van der Waals surface area contributed by atoms with Crippen LogP contribution in [0.1, 0.15) is 13.3 Å². The fourth-order valence-corrected chi connectivity index (χ4v) is 1.80. The van der Waals surface area contributed by atoms with Crippen molar-refractivity contribution in [3.8, 4) is 0 Å². The van der Waals surface area contributed by atoms with E-state index >= 15 is 0 Å². The van der Waals surface area contributed by atoms with E-state index in [1.807, 2.05) is 0 Å². The molecule has 2 heterocycles. The number of carbonyl (C=O) groups excluding carboxylic acids is 1. The molecule has 1 atom stereocenters. The Hall–Kier alpha value is -1.90. The molecule has 0 radical (unpaired) electrons. The van der Waals surface area contributed by atoms with Gasteiger partial charge in [0.05, 0.1) is 0 Å². The monoisotopic (exact) mass is 276 g/mol. The Labute approximate surface area is 106 Å². The molecule has 2 rings (SSSR count). The summed E-state index contributed by atoms with van der Waals surface area (Å²) in [5, 5.41) is 17.0. The van der Waals surface area contributed by atoms with Crippen molar-refractivity contribution in [2.75, 3.05) is 0 Å². The highest BCUT2D eigenvalue weighted by Gasteiger charge is 2.62. The first-order valence-electron chi connectivity index (χ1n) is 5.38. The Bertz CT molecular complexity index is 511. The van der Waals surface area contributed by atoms with Crippen molar-refractivity contribution >= 4 is 11.6 Å². The van der Waals surface area contributed by atoms with E-state index in [-0.39, 0.29) is 10.7 Å². The molecule has 19 heavy (non-hydrogen) atoms. The molecule has 0 bridgehead atoms. The Morgan fingerprint density at radius 1 is 1.58 bits per heavy atom. The third-order valence-electron chi connectivity index (χ3n) is 2.67. The zero-order valence-corrected chi connectivity index (χ0v) is 9.92. The average Bonchev–Trinajstić information content (AvgIpc) is 2.85. The van der Waals surface area contributed by atoms with Crippen LogP contribution in [0.25, 0.3) is 0 Å². The average molecular weight is 276 g/mol. The van der Waals surface area contributed by atoms with E-state index in [2.05, 4.69) is 10.2 Å². The van der Waals surface area contributed by atoms with Crippen LogP contribution in [0.3, 0.4) is 0 Å². The minimum absolute atomic E-state index is 0.0358. The van der Waals surface area contributed by atoms with E-state index < -0.39 is 30.8 Å². The fourth-order valence-electron chi connectivity index (χ4n) is 1.80. The first-order chi connectivity index (χ1) is 8.74. The molecule has 0 aromatic carbocycles. The molecule has 1 aliphatic rings. The SMILES string of the molecule is CC1=NN(C(=O)Cn2cccn2)[C@](O)(C(F)(F)F)C1. The summed E-state index contributed by atoms with van der Waals surface area (Å²) in [6.45, 7) is 0.889. The van der Waals surface area contributed by atoms with E-state index in [1.165, 1.54) is 25.4 Å². The van der Waals surface area contributed by atoms with Crippen molar-refractivity contribution in [2.24, 2.45) is 5.10 Å². The van der Waals surface area contributed by atoms with Crippen LogP contribution in [0.4, 0.5) is 13.2 Å². The molecule has 9 heteroatoms. The lowest BCUT2D eigenvalue weighted by atomic mass is 10.1. The molecule has 0 saturated carbocycles. The van der Waals surface area contributed by atoms with Gasteiger partial charge in [0, 0.05) is 24.5 Å². The van der Waals surface area contributed by atoms with Gasteiger partial charge in [-0.05, 0) is 13.0 Å². The van der Waals surface area contributed by atoms with Gasteiger partial charge in [-0.3, -0.25) is 9.48 Å². The number of hydrogen-bond acceptors (Lipinski definition) is 4. The summed E-state index contributed by atoms with van der Waals surface area (Å²) in [7, 11) is 0. The number of halogens is 3. The standard InChI is InChI=1S/C10H11F3N4O2/c1-7-5-9(19,10(11,12)13)17(15-7)8(18)6-16-4-2-3-14-16/h2-4,19H,5-6H2,1H3/t9-/m1/s1. The van der Waals surface area contributed by atoms with Gasteiger partial charge in [0.1, 0.15) is 6.54 Å². The lowest BCUT2D eigenvalue weighted by molar-refractivity contribution is -0.302. The summed E-state index contributed by atoms with van der Waals surface area (Å²) >= 11 is 0. The third-order valence-corrected chi connectivity index (χ3v) is 2.67. The maximum Gasteiger partial charge on any atom is 0.438 e. The molecule has 6 nitrogen and oxygen atoms in total. The van der Waals surface area contributed by atoms with Crippen LogP contribution in [0, 0.1) is 0 Å². The summed E-state index contributed by atoms with van der Waals surface area (Å²) in [6, 6.07) is 1.53. The minimum Gasteiger partial charge on any atom is -0.362 e. The molecule has 1 aromatic heterocycles. The molecule has 0 unspecified atom stereocenters. The quantitative estimate of drug-likeness (QED) is 0.866. The molecule has 1 N–H and O–H groups in total. The van der Waals surface area contributed by atoms with Gasteiger partial charge >= 0.3 is 6.18 Å². The highest BCUT2D eigenvalue weighted by atomic mass is 19.4. The van der Waals surface area contributed by atoms with E-state index in [0.717, 1.165) is 4.68 Å². The van der Waals surface area contributed by atoms with Crippen molar-refractivity contribution in [2.45, 2.75) is 31.8 Å². The number of aromatic nitrogens is 2. The molecule has 1 amide bonds. The van der Waals surface area contributed by atoms with Crippen LogP contribution in [0.5, 0.6) is 0 Å². The molecular weight excluding hydrogens is 265 g/mol. The van der Waals surface area contributed by atoms with Crippen molar-refractivity contribution in [3.63, 3.8) is 0 Å². The molecule has 0 saturated heterocycles. The molecule has 0 spiro atoms. The van der Waals surface area contributed by atoms with Crippen LogP contribution >= 0.6 is 0 Å². The number of amides is 1. The maximum absolute atomic E-state index is 12.9. The second-order valence-corrected chi connectivity index (χ2v) is 4.24. The summed E-state index contributed by atoms with van der Waals surface area (Å²) < 4.78 is 39.8. The highest BCUT2D eigenvalue weighted by molar-refractivity contribution is 5.89. The number of rotatable bonds is 2. The Balaban J connectivity index is 2.23. The maximum atomic E-state index is 12.9. The van der Waals surface area contributed by atoms with Gasteiger partial charge in [0.2, 0.25) is 0 Å². The predicted molar refractivity (Wildman–Crippen MR) is 57.8 cm³/mol. The number of carbonyl (C=O) groups is 1. The van der Waals surface area contributed by atoms with Crippen LogP contribution < -0.4 is 0 Å². The number of hydrazone groups is 1. The number of nitrogens with zero attached hydrogens (tertiary/aromatic N) is 4. The number of alkyl halides is 3. The van der Waals surface area contributed by atoms with E-state index in [1.54, 1.807) is 0 Å². The van der Waals surface area contributed by atoms with Gasteiger partial charge < -0.3 is 5.11 Å². The van der Waals surface area contributed by atoms with Crippen LogP contribution in [0.15, 0.2) is 23.6 Å². The molecule has 0 fully saturated rings. The Morgan fingerprint density at radius 2 is 2.26 bits per heavy atom. The molecule has 104 valence electrons. The lowest BCUT2D eigenvalue weighted by Gasteiger charge is -2.32. The minimum atomic E-state index is -4.98. The van der Waals surface area contributed by atoms with Gasteiger partial charge in [0.15, 0.2) is 0 Å². The largest absolute Gasteiger partial charge is 0.438 e. The third kappa shape index (κ3) is 2.33. The first kappa shape index (κ1) is 13.5. The zero-order valence-electron chi connectivity index (χ0n) is 9.92. The van der Waals surface area contributed by atoms with Crippen LogP contribution in [0.2, 0.25) is 0 Å². The van der Waals surface area contributed by atoms with Gasteiger partial charge in [-0.1, -0.05) is 0 Å². The highest BCUT2D eigenvalue weighted by Crippen LogP contribution is 2.40. The van der Waals surface area contributed by atoms with Crippen molar-refractivity contribution in [3.05, 3.63) is 18.5 Å². The van der Waals surface area contributed by atoms with E-state index in [4.69, 9.17) is 0 Å². The Kier molecular flexibility index (Phi) is 3.09. The lowest BCUT2D eigenvalue weighted by Crippen LogP contribution is -2.57. The van der Waals surface area contributed by atoms with E-state index in [0.29, 0.717) is 0 Å². The molecular formula is C10H11F3N4O2. The van der Waals surface area contributed by atoms with Crippen LogP contribution in [-0.2, 0) is 11.3 Å². The molecule has 0 aliphatic carbocycles.